The first-order valence-electron chi connectivity index (χ1n) is 9.21. The van der Waals surface area contributed by atoms with Crippen molar-refractivity contribution < 1.29 is 14.4 Å². The van der Waals surface area contributed by atoms with E-state index in [1.54, 1.807) is 18.3 Å². The van der Waals surface area contributed by atoms with E-state index in [1.807, 2.05) is 48.9 Å². The van der Waals surface area contributed by atoms with Crippen LogP contribution < -0.4 is 5.32 Å². The summed E-state index contributed by atoms with van der Waals surface area (Å²) in [5.74, 6) is -0.639. The Morgan fingerprint density at radius 2 is 1.86 bits per heavy atom. The van der Waals surface area contributed by atoms with E-state index in [0.29, 0.717) is 12.1 Å². The lowest BCUT2D eigenvalue weighted by Gasteiger charge is -2.19. The average Bonchev–Trinajstić information content (AvgIpc) is 3.46. The number of nitrogens with one attached hydrogen (secondary N) is 1. The van der Waals surface area contributed by atoms with Crippen LogP contribution in [0.25, 0.3) is 0 Å². The minimum absolute atomic E-state index is 0.241. The van der Waals surface area contributed by atoms with Gasteiger partial charge in [-0.3, -0.25) is 14.5 Å². The van der Waals surface area contributed by atoms with Crippen molar-refractivity contribution in [2.24, 2.45) is 0 Å². The molecule has 1 atom stereocenters. The van der Waals surface area contributed by atoms with Crippen molar-refractivity contribution in [1.82, 2.24) is 14.8 Å². The molecule has 3 aromatic rings. The van der Waals surface area contributed by atoms with Crippen LogP contribution in [0.2, 0.25) is 0 Å². The second kappa shape index (κ2) is 7.27. The highest BCUT2D eigenvalue weighted by atomic mass is 32.1. The highest BCUT2D eigenvalue weighted by Crippen LogP contribution is 2.32. The highest BCUT2D eigenvalue weighted by molar-refractivity contribution is 7.10. The maximum absolute atomic E-state index is 13.0. The Kier molecular flexibility index (Phi) is 4.92. The molecule has 0 radical (unpaired) electrons. The number of ketones is 1. The highest BCUT2D eigenvalue weighted by Gasteiger charge is 2.50. The van der Waals surface area contributed by atoms with Crippen LogP contribution in [0, 0.1) is 13.8 Å². The molecule has 1 saturated heterocycles. The van der Waals surface area contributed by atoms with Crippen LogP contribution in [0.3, 0.4) is 0 Å². The number of hydrogen-bond acceptors (Lipinski definition) is 5. The van der Waals surface area contributed by atoms with Gasteiger partial charge in [0.15, 0.2) is 11.3 Å². The smallest absolute Gasteiger partial charge is 0.325 e. The molecule has 3 amide bonds. The molecule has 8 heteroatoms. The van der Waals surface area contributed by atoms with Crippen molar-refractivity contribution in [3.63, 3.8) is 0 Å². The molecule has 1 fully saturated rings. The fourth-order valence-corrected chi connectivity index (χ4v) is 5.21. The Bertz CT molecular complexity index is 1080. The predicted octanol–water partition coefficient (Wildman–Crippen LogP) is 3.93. The number of carbonyl (C=O) groups excluding carboxylic acids is 3. The summed E-state index contributed by atoms with van der Waals surface area (Å²) in [6.45, 7) is 5.96. The Morgan fingerprint density at radius 3 is 2.52 bits per heavy atom. The third-order valence-electron chi connectivity index (χ3n) is 5.36. The topological polar surface area (TPSA) is 71.4 Å². The SMILES string of the molecule is Cc1cc(C(=O)CN2C(=O)NC(C)(c3cccs3)C2=O)c(C)n1Cc1cccs1. The molecule has 0 saturated carbocycles. The van der Waals surface area contributed by atoms with E-state index in [9.17, 15) is 14.4 Å². The number of amides is 3. The van der Waals surface area contributed by atoms with Gasteiger partial charge in [-0.25, -0.2) is 4.79 Å². The molecule has 3 aromatic heterocycles. The lowest BCUT2D eigenvalue weighted by molar-refractivity contribution is -0.130. The number of Topliss-reactive ketones (excluding diaryl/α,β-unsaturated/α-hetero) is 1. The molecule has 29 heavy (non-hydrogen) atoms. The Morgan fingerprint density at radius 1 is 1.14 bits per heavy atom. The van der Waals surface area contributed by atoms with Crippen LogP contribution in [-0.4, -0.2) is 33.7 Å². The number of urea groups is 1. The minimum Gasteiger partial charge on any atom is -0.343 e. The van der Waals surface area contributed by atoms with Gasteiger partial charge in [0.25, 0.3) is 5.91 Å². The van der Waals surface area contributed by atoms with Crippen LogP contribution >= 0.6 is 22.7 Å². The lowest BCUT2D eigenvalue weighted by atomic mass is 10.0. The second-order valence-electron chi connectivity index (χ2n) is 7.30. The predicted molar refractivity (Wildman–Crippen MR) is 114 cm³/mol. The third kappa shape index (κ3) is 3.32. The molecular formula is C21H21N3O3S2. The summed E-state index contributed by atoms with van der Waals surface area (Å²) in [5, 5.41) is 6.63. The summed E-state index contributed by atoms with van der Waals surface area (Å²) < 4.78 is 2.08. The van der Waals surface area contributed by atoms with Gasteiger partial charge in [0, 0.05) is 26.7 Å². The summed E-state index contributed by atoms with van der Waals surface area (Å²) in [6, 6.07) is 9.01. The van der Waals surface area contributed by atoms with E-state index in [4.69, 9.17) is 0 Å². The average molecular weight is 428 g/mol. The zero-order chi connectivity index (χ0) is 20.8. The summed E-state index contributed by atoms with van der Waals surface area (Å²) in [6.07, 6.45) is 0. The number of rotatable bonds is 6. The van der Waals surface area contributed by atoms with Crippen molar-refractivity contribution in [1.29, 1.82) is 0 Å². The van der Waals surface area contributed by atoms with E-state index in [1.165, 1.54) is 16.2 Å². The minimum atomic E-state index is -1.12. The number of thiophene rings is 2. The number of aromatic nitrogens is 1. The van der Waals surface area contributed by atoms with Gasteiger partial charge in [-0.05, 0) is 49.7 Å². The first-order valence-corrected chi connectivity index (χ1v) is 11.0. The maximum atomic E-state index is 13.0. The van der Waals surface area contributed by atoms with E-state index >= 15 is 0 Å². The third-order valence-corrected chi connectivity index (χ3v) is 7.31. The molecule has 0 bridgehead atoms. The van der Waals surface area contributed by atoms with Crippen LogP contribution in [0.5, 0.6) is 0 Å². The van der Waals surface area contributed by atoms with E-state index in [2.05, 4.69) is 16.0 Å². The van der Waals surface area contributed by atoms with Gasteiger partial charge in [0.2, 0.25) is 0 Å². The van der Waals surface area contributed by atoms with Gasteiger partial charge in [-0.1, -0.05) is 12.1 Å². The number of aryl methyl sites for hydroxylation is 1. The molecule has 1 unspecified atom stereocenters. The van der Waals surface area contributed by atoms with E-state index in [-0.39, 0.29) is 12.3 Å². The van der Waals surface area contributed by atoms with Gasteiger partial charge < -0.3 is 9.88 Å². The van der Waals surface area contributed by atoms with Gasteiger partial charge in [0.05, 0.1) is 13.1 Å². The molecule has 4 heterocycles. The first-order chi connectivity index (χ1) is 13.8. The largest absolute Gasteiger partial charge is 0.343 e. The summed E-state index contributed by atoms with van der Waals surface area (Å²) in [7, 11) is 0. The van der Waals surface area contributed by atoms with Crippen LogP contribution in [0.4, 0.5) is 4.79 Å². The monoisotopic (exact) mass is 427 g/mol. The van der Waals surface area contributed by atoms with Gasteiger partial charge >= 0.3 is 6.03 Å². The Balaban J connectivity index is 1.56. The molecule has 1 aliphatic heterocycles. The molecule has 0 aliphatic carbocycles. The molecular weight excluding hydrogens is 406 g/mol. The van der Waals surface area contributed by atoms with Crippen LogP contribution in [0.1, 0.15) is 38.4 Å². The molecule has 150 valence electrons. The summed E-state index contributed by atoms with van der Waals surface area (Å²) in [4.78, 5) is 41.4. The first kappa shape index (κ1) is 19.6. The Labute approximate surface area is 176 Å². The second-order valence-corrected chi connectivity index (χ2v) is 9.28. The molecule has 0 aromatic carbocycles. The van der Waals surface area contributed by atoms with Crippen molar-refractivity contribution in [3.05, 3.63) is 67.8 Å². The van der Waals surface area contributed by atoms with Crippen molar-refractivity contribution >= 4 is 40.4 Å². The van der Waals surface area contributed by atoms with Crippen LogP contribution in [-0.2, 0) is 16.9 Å². The van der Waals surface area contributed by atoms with Gasteiger partial charge in [0.1, 0.15) is 0 Å². The fraction of sp³-hybridized carbons (Fsp3) is 0.286. The van der Waals surface area contributed by atoms with Crippen LogP contribution in [0.15, 0.2) is 41.1 Å². The molecule has 6 nitrogen and oxygen atoms in total. The zero-order valence-corrected chi connectivity index (χ0v) is 18.0. The number of nitrogens with zero attached hydrogens (tertiary/aromatic N) is 2. The van der Waals surface area contributed by atoms with E-state index < -0.39 is 17.5 Å². The van der Waals surface area contributed by atoms with Crippen molar-refractivity contribution in [2.75, 3.05) is 6.54 Å². The summed E-state index contributed by atoms with van der Waals surface area (Å²) in [5.41, 5.74) is 1.24. The van der Waals surface area contributed by atoms with Gasteiger partial charge in [-0.2, -0.15) is 0 Å². The number of carbonyl (C=O) groups is 3. The molecule has 0 spiro atoms. The quantitative estimate of drug-likeness (QED) is 0.479. The maximum Gasteiger partial charge on any atom is 0.325 e. The standard InChI is InChI=1S/C21H21N3O3S2/c1-13-10-16(14(2)23(13)11-15-6-4-8-28-15)17(25)12-24-19(26)21(3,22-20(24)27)18-7-5-9-29-18/h4-10H,11-12H2,1-3H3,(H,22,27). The Hall–Kier alpha value is -2.71. The fourth-order valence-electron chi connectivity index (χ4n) is 3.68. The molecule has 1 aliphatic rings. The lowest BCUT2D eigenvalue weighted by Crippen LogP contribution is -2.40. The van der Waals surface area contributed by atoms with E-state index in [0.717, 1.165) is 21.2 Å². The molecule has 4 rings (SSSR count). The number of hydrogen-bond donors (Lipinski definition) is 1. The van der Waals surface area contributed by atoms with Crippen molar-refractivity contribution in [2.45, 2.75) is 32.9 Å². The number of imide groups is 1. The van der Waals surface area contributed by atoms with Gasteiger partial charge in [-0.15, -0.1) is 22.7 Å². The normalized spacial score (nSPS) is 19.1. The molecule has 1 N–H and O–H groups in total. The zero-order valence-electron chi connectivity index (χ0n) is 16.4. The van der Waals surface area contributed by atoms with Crippen molar-refractivity contribution in [3.8, 4) is 0 Å². The summed E-state index contributed by atoms with van der Waals surface area (Å²) >= 11 is 3.07.